The van der Waals surface area contributed by atoms with Gasteiger partial charge in [0.25, 0.3) is 0 Å². The zero-order valence-corrected chi connectivity index (χ0v) is 32.8. The normalized spacial score (nSPS) is 11.6. The van der Waals surface area contributed by atoms with Crippen molar-refractivity contribution in [3.8, 4) is 34.1 Å². The van der Waals surface area contributed by atoms with Crippen LogP contribution in [0.15, 0.2) is 97.2 Å². The fourth-order valence-electron chi connectivity index (χ4n) is 7.07. The van der Waals surface area contributed by atoms with Crippen molar-refractivity contribution in [3.05, 3.63) is 132 Å². The molecule has 0 spiro atoms. The Morgan fingerprint density at radius 3 is 2.33 bits per heavy atom. The zero-order valence-electron chi connectivity index (χ0n) is 30.5. The molecule has 0 fully saturated rings. The number of unbranched alkanes of at least 4 members (excludes halogenated alkanes) is 1. The van der Waals surface area contributed by atoms with Gasteiger partial charge in [-0.3, -0.25) is 4.68 Å². The fraction of sp³-hybridized carbons (Fsp3) is 0.289. The van der Waals surface area contributed by atoms with Crippen LogP contribution in [0.2, 0.25) is 0 Å². The Kier molecular flexibility index (Phi) is 11.0. The van der Waals surface area contributed by atoms with Crippen molar-refractivity contribution in [2.24, 2.45) is 5.41 Å². The van der Waals surface area contributed by atoms with E-state index in [1.54, 1.807) is 0 Å². The van der Waals surface area contributed by atoms with Crippen LogP contribution in [0.4, 0.5) is 0 Å². The maximum Gasteiger partial charge on any atom is 2.00 e. The number of aromatic nitrogens is 4. The first-order chi connectivity index (χ1) is 24.2. The van der Waals surface area contributed by atoms with Gasteiger partial charge >= 0.3 is 21.1 Å². The molecule has 0 bridgehead atoms. The third-order valence-corrected chi connectivity index (χ3v) is 9.49. The maximum absolute atomic E-state index is 6.49. The van der Waals surface area contributed by atoms with Gasteiger partial charge in [0, 0.05) is 34.5 Å². The molecule has 6 heteroatoms. The molecule has 3 aromatic heterocycles. The first kappa shape index (κ1) is 36.3. The van der Waals surface area contributed by atoms with Gasteiger partial charge in [-0.05, 0) is 90.9 Å². The molecule has 0 aliphatic carbocycles. The summed E-state index contributed by atoms with van der Waals surface area (Å²) < 4.78 is 10.7. The van der Waals surface area contributed by atoms with E-state index in [1.165, 1.54) is 35.8 Å². The number of ether oxygens (including phenoxy) is 1. The summed E-state index contributed by atoms with van der Waals surface area (Å²) in [6, 6.07) is 38.8. The standard InChI is InChI=1S/C45H46N4O.Pt/c1-7-14-33-24-26-46-43(28-33)48-41-23-20-34(15-11-12-25-45(4,5)6)27-40(41)39-22-21-38(30-42(39)48)50-37-19-13-18-36(29-37)49-32(3)44(31(2)47-49)35-16-9-8-10-17-35;/h8-10,13,16-24,26-28H,7,11-12,14-15,25H2,1-6H3;/q-2;+2. The minimum Gasteiger partial charge on any atom is -0.509 e. The first-order valence-corrected chi connectivity index (χ1v) is 18.0. The average Bonchev–Trinajstić information content (AvgIpc) is 3.59. The second-order valence-corrected chi connectivity index (χ2v) is 14.6. The van der Waals surface area contributed by atoms with Crippen molar-refractivity contribution in [2.45, 2.75) is 80.1 Å². The Labute approximate surface area is 317 Å². The van der Waals surface area contributed by atoms with Crippen molar-refractivity contribution in [2.75, 3.05) is 0 Å². The Balaban J connectivity index is 0.00000448. The van der Waals surface area contributed by atoms with Crippen LogP contribution >= 0.6 is 0 Å². The van der Waals surface area contributed by atoms with Crippen LogP contribution in [0.3, 0.4) is 0 Å². The minimum absolute atomic E-state index is 0. The fourth-order valence-corrected chi connectivity index (χ4v) is 7.07. The molecule has 0 saturated heterocycles. The minimum atomic E-state index is 0. The Morgan fingerprint density at radius 1 is 0.765 bits per heavy atom. The molecule has 0 aliphatic rings. The predicted molar refractivity (Wildman–Crippen MR) is 206 cm³/mol. The molecule has 51 heavy (non-hydrogen) atoms. The van der Waals surface area contributed by atoms with Crippen molar-refractivity contribution in [3.63, 3.8) is 0 Å². The number of hydrogen-bond donors (Lipinski definition) is 0. The van der Waals surface area contributed by atoms with Crippen LogP contribution in [0.1, 0.15) is 75.9 Å². The average molecular weight is 854 g/mol. The van der Waals surface area contributed by atoms with Gasteiger partial charge in [-0.2, -0.15) is 17.2 Å². The molecule has 7 aromatic rings. The van der Waals surface area contributed by atoms with E-state index in [0.29, 0.717) is 16.9 Å². The first-order valence-electron chi connectivity index (χ1n) is 18.0. The van der Waals surface area contributed by atoms with Crippen molar-refractivity contribution in [1.82, 2.24) is 19.3 Å². The smallest absolute Gasteiger partial charge is 0.509 e. The van der Waals surface area contributed by atoms with Gasteiger partial charge in [-0.25, -0.2) is 4.98 Å². The van der Waals surface area contributed by atoms with E-state index in [9.17, 15) is 0 Å². The quantitative estimate of drug-likeness (QED) is 0.0962. The molecule has 0 unspecified atom stereocenters. The molecule has 4 aromatic carbocycles. The molecule has 0 N–H and O–H groups in total. The number of fused-ring (bicyclic) bond motifs is 3. The summed E-state index contributed by atoms with van der Waals surface area (Å²) in [6.45, 7) is 13.3. The molecule has 7 rings (SSSR count). The maximum atomic E-state index is 6.49. The third-order valence-electron chi connectivity index (χ3n) is 9.49. The van der Waals surface area contributed by atoms with Crippen LogP contribution in [0.5, 0.6) is 11.5 Å². The number of hydrogen-bond acceptors (Lipinski definition) is 3. The summed E-state index contributed by atoms with van der Waals surface area (Å²) in [5.41, 5.74) is 10.2. The van der Waals surface area contributed by atoms with Crippen molar-refractivity contribution < 1.29 is 25.8 Å². The third kappa shape index (κ3) is 7.90. The van der Waals surface area contributed by atoms with E-state index in [4.69, 9.17) is 14.8 Å². The van der Waals surface area contributed by atoms with E-state index in [1.807, 2.05) is 41.2 Å². The summed E-state index contributed by atoms with van der Waals surface area (Å²) in [7, 11) is 0. The summed E-state index contributed by atoms with van der Waals surface area (Å²) in [4.78, 5) is 4.85. The molecular formula is C45H46N4OPt. The van der Waals surface area contributed by atoms with E-state index < -0.39 is 0 Å². The Morgan fingerprint density at radius 2 is 1.55 bits per heavy atom. The largest absolute Gasteiger partial charge is 2.00 e. The number of aryl methyl sites for hydroxylation is 3. The van der Waals surface area contributed by atoms with Gasteiger partial charge in [-0.1, -0.05) is 88.5 Å². The molecule has 0 radical (unpaired) electrons. The van der Waals surface area contributed by atoms with Crippen molar-refractivity contribution in [1.29, 1.82) is 0 Å². The van der Waals surface area contributed by atoms with E-state index in [-0.39, 0.29) is 21.1 Å². The molecular weight excluding hydrogens is 808 g/mol. The molecule has 3 heterocycles. The van der Waals surface area contributed by atoms with Crippen LogP contribution < -0.4 is 4.74 Å². The number of pyridine rings is 1. The summed E-state index contributed by atoms with van der Waals surface area (Å²) in [6.07, 6.45) is 8.75. The van der Waals surface area contributed by atoms with Gasteiger partial charge in [0.2, 0.25) is 0 Å². The van der Waals surface area contributed by atoms with Gasteiger partial charge in [0.1, 0.15) is 5.82 Å². The van der Waals surface area contributed by atoms with Crippen LogP contribution in [0.25, 0.3) is 44.4 Å². The number of nitrogens with zero attached hydrogens (tertiary/aromatic N) is 4. The Bertz CT molecular complexity index is 2280. The SMILES string of the molecule is CCCc1ccnc(-n2c3[c-]c(Oc4[c-]c(-n5nc(C)c(-c6ccccc6)c5C)ccc4)ccc3c3cc(CCCCC(C)(C)C)ccc32)c1.[Pt+2]. The summed E-state index contributed by atoms with van der Waals surface area (Å²) >= 11 is 0. The van der Waals surface area contributed by atoms with Gasteiger partial charge in [0.05, 0.1) is 5.69 Å². The van der Waals surface area contributed by atoms with E-state index in [2.05, 4.69) is 119 Å². The monoisotopic (exact) mass is 853 g/mol. The Hall–Kier alpha value is -4.47. The molecule has 0 saturated carbocycles. The van der Waals surface area contributed by atoms with Gasteiger partial charge in [0.15, 0.2) is 0 Å². The topological polar surface area (TPSA) is 44.9 Å². The van der Waals surface area contributed by atoms with Crippen LogP contribution in [0, 0.1) is 31.4 Å². The zero-order chi connectivity index (χ0) is 34.8. The number of rotatable bonds is 11. The van der Waals surface area contributed by atoms with E-state index >= 15 is 0 Å². The molecule has 0 aliphatic heterocycles. The van der Waals surface area contributed by atoms with Crippen molar-refractivity contribution >= 4 is 21.8 Å². The summed E-state index contributed by atoms with van der Waals surface area (Å²) in [5, 5.41) is 7.24. The van der Waals surface area contributed by atoms with E-state index in [0.717, 1.165) is 69.7 Å². The molecule has 5 nitrogen and oxygen atoms in total. The van der Waals surface area contributed by atoms with Gasteiger partial charge < -0.3 is 9.30 Å². The predicted octanol–water partition coefficient (Wildman–Crippen LogP) is 11.7. The second kappa shape index (κ2) is 15.4. The van der Waals surface area contributed by atoms with Crippen LogP contribution in [-0.2, 0) is 33.9 Å². The molecule has 262 valence electrons. The second-order valence-electron chi connectivity index (χ2n) is 14.6. The van der Waals surface area contributed by atoms with Crippen LogP contribution in [-0.4, -0.2) is 19.3 Å². The molecule has 0 atom stereocenters. The van der Waals surface area contributed by atoms with Gasteiger partial charge in [-0.15, -0.1) is 35.7 Å². The number of benzene rings is 4. The molecule has 0 amide bonds. The summed E-state index contributed by atoms with van der Waals surface area (Å²) in [5.74, 6) is 2.13.